The van der Waals surface area contributed by atoms with E-state index in [0.29, 0.717) is 36.4 Å². The van der Waals surface area contributed by atoms with E-state index in [-0.39, 0.29) is 0 Å². The lowest BCUT2D eigenvalue weighted by Gasteiger charge is -2.07. The van der Waals surface area contributed by atoms with Crippen LogP contribution in [0.3, 0.4) is 0 Å². The Hall–Kier alpha value is -4.10. The minimum absolute atomic E-state index is 0.428. The molecule has 0 aliphatic carbocycles. The lowest BCUT2D eigenvalue weighted by molar-refractivity contribution is -0.424. The van der Waals surface area contributed by atoms with Crippen LogP contribution in [0.1, 0.15) is 0 Å². The number of hydrogen-bond donors (Lipinski definition) is 0. The summed E-state index contributed by atoms with van der Waals surface area (Å²) in [5.41, 5.74) is -5.88. The molecule has 0 spiro atoms. The average Bonchev–Trinajstić information content (AvgIpc) is 2.65. The summed E-state index contributed by atoms with van der Waals surface area (Å²) in [6, 6.07) is 3.36. The summed E-state index contributed by atoms with van der Waals surface area (Å²) < 4.78 is 53.5. The Bertz CT molecular complexity index is 1250. The van der Waals surface area contributed by atoms with E-state index in [9.17, 15) is 57.3 Å². The van der Waals surface area contributed by atoms with E-state index in [4.69, 9.17) is 0 Å². The van der Waals surface area contributed by atoms with Crippen LogP contribution in [0.25, 0.3) is 0 Å². The van der Waals surface area contributed by atoms with Crippen LogP contribution < -0.4 is 0 Å². The fraction of sp³-hybridized carbons (Fsp3) is 0. The van der Waals surface area contributed by atoms with Gasteiger partial charge in [0.1, 0.15) is 0 Å². The lowest BCUT2D eigenvalue weighted by Crippen LogP contribution is -2.17. The maximum Gasteiger partial charge on any atom is 0.367 e. The van der Waals surface area contributed by atoms with Crippen LogP contribution >= 0.6 is 0 Å². The van der Waals surface area contributed by atoms with Crippen LogP contribution in [0.4, 0.5) is 22.7 Å². The van der Waals surface area contributed by atoms with Gasteiger partial charge in [-0.3, -0.25) is 40.5 Å². The van der Waals surface area contributed by atoms with Gasteiger partial charge in [0.15, 0.2) is 9.79 Å². The average molecular weight is 478 g/mol. The zero-order valence-electron chi connectivity index (χ0n) is 14.4. The summed E-state index contributed by atoms with van der Waals surface area (Å²) in [4.78, 5) is 35.6. The molecule has 0 saturated heterocycles. The molecule has 17 nitrogen and oxygen atoms in total. The van der Waals surface area contributed by atoms with E-state index < -0.39 is 72.5 Å². The second kappa shape index (κ2) is 7.97. The van der Waals surface area contributed by atoms with Crippen molar-refractivity contribution in [3.05, 3.63) is 76.9 Å². The van der Waals surface area contributed by atoms with Crippen molar-refractivity contribution in [3.8, 4) is 0 Å². The first kappa shape index (κ1) is 23.2. The highest BCUT2D eigenvalue weighted by Crippen LogP contribution is 2.38. The second-order valence-electron chi connectivity index (χ2n) is 5.25. The molecule has 19 heteroatoms. The van der Waals surface area contributed by atoms with Crippen LogP contribution in [0, 0.1) is 40.5 Å². The number of nitro groups is 4. The molecule has 0 fully saturated rings. The van der Waals surface area contributed by atoms with Gasteiger partial charge < -0.3 is 0 Å². The Labute approximate surface area is 170 Å². The maximum absolute atomic E-state index is 12.4. The highest BCUT2D eigenvalue weighted by Gasteiger charge is 2.42. The number of para-hydroxylation sites is 2. The first-order valence-electron chi connectivity index (χ1n) is 7.25. The van der Waals surface area contributed by atoms with Gasteiger partial charge in [-0.25, -0.2) is 0 Å². The molecule has 0 aliphatic heterocycles. The van der Waals surface area contributed by atoms with Crippen molar-refractivity contribution in [2.24, 2.45) is 0 Å². The Morgan fingerprint density at radius 3 is 1.16 bits per heavy atom. The van der Waals surface area contributed by atoms with E-state index in [2.05, 4.69) is 3.63 Å². The number of benzene rings is 2. The number of nitrogens with zero attached hydrogens (tertiary/aromatic N) is 4. The van der Waals surface area contributed by atoms with Gasteiger partial charge in [-0.05, 0) is 12.1 Å². The van der Waals surface area contributed by atoms with Crippen molar-refractivity contribution in [1.82, 2.24) is 0 Å². The molecule has 31 heavy (non-hydrogen) atoms. The Morgan fingerprint density at radius 2 is 0.903 bits per heavy atom. The molecular weight excluding hydrogens is 472 g/mol. The molecule has 0 N–H and O–H groups in total. The van der Waals surface area contributed by atoms with Crippen LogP contribution in [-0.4, -0.2) is 36.5 Å². The molecule has 0 aliphatic rings. The summed E-state index contributed by atoms with van der Waals surface area (Å²) in [5, 5.41) is 44.2. The van der Waals surface area contributed by atoms with Crippen molar-refractivity contribution < 1.29 is 40.2 Å². The first-order valence-corrected chi connectivity index (χ1v) is 10.1. The highest BCUT2D eigenvalue weighted by atomic mass is 32.3. The fourth-order valence-electron chi connectivity index (χ4n) is 2.28. The fourth-order valence-corrected chi connectivity index (χ4v) is 5.13. The molecule has 2 rings (SSSR count). The van der Waals surface area contributed by atoms with Crippen LogP contribution in [0.15, 0.2) is 46.2 Å². The normalized spacial score (nSPS) is 11.6. The summed E-state index contributed by atoms with van der Waals surface area (Å²) in [5.74, 6) is 0. The molecule has 0 bridgehead atoms. The van der Waals surface area contributed by atoms with Gasteiger partial charge in [0, 0.05) is 12.1 Å². The van der Waals surface area contributed by atoms with Crippen molar-refractivity contribution >= 4 is 43.0 Å². The molecule has 0 unspecified atom stereocenters. The third-order valence-electron chi connectivity index (χ3n) is 3.43. The van der Waals surface area contributed by atoms with Crippen molar-refractivity contribution in [1.29, 1.82) is 0 Å². The van der Waals surface area contributed by atoms with Crippen LogP contribution in [0.2, 0.25) is 0 Å². The monoisotopic (exact) mass is 478 g/mol. The quantitative estimate of drug-likeness (QED) is 0.384. The van der Waals surface area contributed by atoms with E-state index in [0.717, 1.165) is 0 Å². The molecule has 0 aromatic heterocycles. The summed E-state index contributed by atoms with van der Waals surface area (Å²) >= 11 is 0. The molecule has 0 radical (unpaired) electrons. The molecule has 0 amide bonds. The molecule has 0 atom stereocenters. The van der Waals surface area contributed by atoms with E-state index in [1.165, 1.54) is 0 Å². The third-order valence-corrected chi connectivity index (χ3v) is 6.60. The molecule has 0 heterocycles. The minimum atomic E-state index is -5.70. The van der Waals surface area contributed by atoms with Crippen molar-refractivity contribution in [3.63, 3.8) is 0 Å². The Morgan fingerprint density at radius 1 is 0.581 bits per heavy atom. The van der Waals surface area contributed by atoms with Gasteiger partial charge in [0.05, 0.1) is 19.7 Å². The maximum atomic E-state index is 12.4. The molecule has 0 saturated carbocycles. The van der Waals surface area contributed by atoms with Gasteiger partial charge in [0.25, 0.3) is 0 Å². The van der Waals surface area contributed by atoms with Gasteiger partial charge in [-0.15, -0.1) is 3.63 Å². The molecular formula is C12H6N4O13S2. The predicted octanol–water partition coefficient (Wildman–Crippen LogP) is 1.41. The van der Waals surface area contributed by atoms with Crippen LogP contribution in [0.5, 0.6) is 0 Å². The summed E-state index contributed by atoms with van der Waals surface area (Å²) in [6.07, 6.45) is 0. The largest absolute Gasteiger partial charge is 0.367 e. The summed E-state index contributed by atoms with van der Waals surface area (Å²) in [6.45, 7) is 0. The first-order chi connectivity index (χ1) is 14.2. The lowest BCUT2D eigenvalue weighted by atomic mass is 10.3. The number of nitro benzene ring substituents is 4. The van der Waals surface area contributed by atoms with Crippen LogP contribution in [-0.2, 0) is 23.9 Å². The smallest absolute Gasteiger partial charge is 0.258 e. The van der Waals surface area contributed by atoms with Crippen molar-refractivity contribution in [2.75, 3.05) is 0 Å². The second-order valence-corrected chi connectivity index (χ2v) is 8.49. The van der Waals surface area contributed by atoms with Crippen molar-refractivity contribution in [2.45, 2.75) is 9.79 Å². The minimum Gasteiger partial charge on any atom is -0.258 e. The molecule has 164 valence electrons. The number of hydrogen-bond acceptors (Lipinski definition) is 13. The third kappa shape index (κ3) is 4.41. The standard InChI is InChI=1S/C12H6N4O13S2/c17-13(18)7-3-1-5-9(11(7)15(21)22)30(25,26)29-31(27,28)10-6-2-4-8(14(19)20)12(10)16(23)24/h1-6H. The van der Waals surface area contributed by atoms with Gasteiger partial charge in [-0.1, -0.05) is 12.1 Å². The van der Waals surface area contributed by atoms with Gasteiger partial charge in [0.2, 0.25) is 0 Å². The Balaban J connectivity index is 2.73. The number of rotatable bonds is 8. The van der Waals surface area contributed by atoms with E-state index in [1.54, 1.807) is 0 Å². The van der Waals surface area contributed by atoms with Gasteiger partial charge >= 0.3 is 43.0 Å². The van der Waals surface area contributed by atoms with E-state index in [1.807, 2.05) is 0 Å². The zero-order valence-corrected chi connectivity index (χ0v) is 16.0. The van der Waals surface area contributed by atoms with E-state index >= 15 is 0 Å². The molecule has 2 aromatic rings. The molecule has 2 aromatic carbocycles. The summed E-state index contributed by atoms with van der Waals surface area (Å²) in [7, 11) is -11.4. The highest BCUT2D eigenvalue weighted by molar-refractivity contribution is 8.00. The van der Waals surface area contributed by atoms with Gasteiger partial charge in [-0.2, -0.15) is 16.8 Å². The predicted molar refractivity (Wildman–Crippen MR) is 95.0 cm³/mol. The Kier molecular flexibility index (Phi) is 5.96. The topological polar surface area (TPSA) is 250 Å². The zero-order chi connectivity index (χ0) is 23.7. The SMILES string of the molecule is O=[N+]([O-])c1cccc(S(=O)(=O)OS(=O)(=O)c2cccc([N+](=O)[O-])c2[N+](=O)[O-])c1[N+](=O)[O-].